The lowest BCUT2D eigenvalue weighted by molar-refractivity contribution is -0.150. The first kappa shape index (κ1) is 20.2. The molecular weight excluding hydrogens is 436 g/mol. The fraction of sp³-hybridized carbons (Fsp3) is 0.333. The van der Waals surface area contributed by atoms with Gasteiger partial charge in [0.05, 0.1) is 11.9 Å². The molecule has 8 nitrogen and oxygen atoms in total. The van der Waals surface area contributed by atoms with Crippen LogP contribution in [-0.2, 0) is 14.4 Å². The van der Waals surface area contributed by atoms with E-state index in [0.717, 1.165) is 23.6 Å². The zero-order valence-electron chi connectivity index (χ0n) is 16.4. The topological polar surface area (TPSA) is 105 Å². The van der Waals surface area contributed by atoms with Gasteiger partial charge >= 0.3 is 5.97 Å². The van der Waals surface area contributed by atoms with Gasteiger partial charge < -0.3 is 10.4 Å². The first-order valence-corrected chi connectivity index (χ1v) is 11.9. The largest absolute Gasteiger partial charge is 0.477 e. The number of carboxylic acids is 1. The van der Waals surface area contributed by atoms with Crippen LogP contribution in [-0.4, -0.2) is 54.7 Å². The standard InChI is InChI=1S/C21H20N4O4S2/c26-15(10-12-6-7-12)23-17-19(27)24-18(21(28)29)14(11-30-20(17)24)31-16-8-9-22-25(16)13-4-2-1-3-5-13/h1-5,8-9,12,17,20H,6-7,10-11H2,(H,23,26)(H,28,29)/t17-,20-/m1/s1. The summed E-state index contributed by atoms with van der Waals surface area (Å²) in [5, 5.41) is 17.4. The van der Waals surface area contributed by atoms with Crippen molar-refractivity contribution in [2.24, 2.45) is 5.92 Å². The van der Waals surface area contributed by atoms with Gasteiger partial charge in [-0.1, -0.05) is 30.0 Å². The Balaban J connectivity index is 1.37. The molecule has 160 valence electrons. The molecule has 2 aliphatic heterocycles. The number of benzene rings is 1. The van der Waals surface area contributed by atoms with Crippen molar-refractivity contribution in [2.45, 2.75) is 35.7 Å². The van der Waals surface area contributed by atoms with Crippen LogP contribution in [0.1, 0.15) is 19.3 Å². The molecule has 31 heavy (non-hydrogen) atoms. The van der Waals surface area contributed by atoms with E-state index >= 15 is 0 Å². The van der Waals surface area contributed by atoms with E-state index in [1.54, 1.807) is 10.9 Å². The molecule has 2 fully saturated rings. The van der Waals surface area contributed by atoms with Crippen molar-refractivity contribution >= 4 is 41.3 Å². The molecule has 2 amide bonds. The maximum Gasteiger partial charge on any atom is 0.353 e. The number of thioether (sulfide) groups is 2. The van der Waals surface area contributed by atoms with Crippen LogP contribution in [0.5, 0.6) is 0 Å². The number of nitrogens with one attached hydrogen (secondary N) is 1. The molecule has 1 aliphatic carbocycles. The molecule has 2 aromatic rings. The van der Waals surface area contributed by atoms with Crippen molar-refractivity contribution in [1.82, 2.24) is 20.0 Å². The maximum atomic E-state index is 12.8. The van der Waals surface area contributed by atoms with Crippen molar-refractivity contribution in [1.29, 1.82) is 0 Å². The number of rotatable bonds is 7. The first-order chi connectivity index (χ1) is 15.0. The molecule has 1 aromatic heterocycles. The fourth-order valence-electron chi connectivity index (χ4n) is 3.74. The molecule has 0 unspecified atom stereocenters. The van der Waals surface area contributed by atoms with Gasteiger partial charge in [0, 0.05) is 17.1 Å². The summed E-state index contributed by atoms with van der Waals surface area (Å²) >= 11 is 2.77. The third-order valence-corrected chi connectivity index (χ3v) is 8.02. The lowest BCUT2D eigenvalue weighted by Gasteiger charge is -2.49. The number of nitrogens with zero attached hydrogens (tertiary/aromatic N) is 3. The summed E-state index contributed by atoms with van der Waals surface area (Å²) in [7, 11) is 0. The van der Waals surface area contributed by atoms with Crippen LogP contribution in [0.3, 0.4) is 0 Å². The highest BCUT2D eigenvalue weighted by atomic mass is 32.2. The van der Waals surface area contributed by atoms with Crippen molar-refractivity contribution in [3.8, 4) is 5.69 Å². The molecule has 2 atom stereocenters. The van der Waals surface area contributed by atoms with Crippen LogP contribution in [0.2, 0.25) is 0 Å². The summed E-state index contributed by atoms with van der Waals surface area (Å²) in [4.78, 5) is 38.9. The third kappa shape index (κ3) is 3.85. The van der Waals surface area contributed by atoms with E-state index in [9.17, 15) is 19.5 Å². The number of carbonyl (C=O) groups is 3. The Labute approximate surface area is 187 Å². The van der Waals surface area contributed by atoms with Crippen LogP contribution in [0.4, 0.5) is 0 Å². The highest BCUT2D eigenvalue weighted by Crippen LogP contribution is 2.45. The number of β-lactam (4-membered cyclic amide) rings is 1. The molecule has 3 aliphatic rings. The number of aliphatic carboxylic acids is 1. The summed E-state index contributed by atoms with van der Waals surface area (Å²) in [5.74, 6) is -0.773. The average Bonchev–Trinajstić information content (AvgIpc) is 3.46. The van der Waals surface area contributed by atoms with Crippen molar-refractivity contribution in [2.75, 3.05) is 5.75 Å². The molecule has 5 rings (SSSR count). The van der Waals surface area contributed by atoms with Gasteiger partial charge in [0.15, 0.2) is 0 Å². The SMILES string of the molecule is O=C(CC1CC1)N[C@@H]1C(=O)N2C(C(=O)O)=C(Sc3ccnn3-c3ccccc3)CS[C@H]12. The number of aromatic nitrogens is 2. The number of carbonyl (C=O) groups excluding carboxylic acids is 2. The van der Waals surface area contributed by atoms with Crippen molar-refractivity contribution < 1.29 is 19.5 Å². The number of hydrogen-bond donors (Lipinski definition) is 2. The number of hydrogen-bond acceptors (Lipinski definition) is 6. The van der Waals surface area contributed by atoms with Crippen LogP contribution >= 0.6 is 23.5 Å². The van der Waals surface area contributed by atoms with Gasteiger partial charge in [0.1, 0.15) is 22.1 Å². The fourth-order valence-corrected chi connectivity index (χ4v) is 6.28. The van der Waals surface area contributed by atoms with E-state index < -0.39 is 12.0 Å². The minimum Gasteiger partial charge on any atom is -0.477 e. The zero-order chi connectivity index (χ0) is 21.5. The van der Waals surface area contributed by atoms with Gasteiger partial charge in [-0.2, -0.15) is 5.10 Å². The first-order valence-electron chi connectivity index (χ1n) is 10.0. The van der Waals surface area contributed by atoms with Gasteiger partial charge in [-0.05, 0) is 37.0 Å². The molecule has 1 saturated carbocycles. The summed E-state index contributed by atoms with van der Waals surface area (Å²) in [6.45, 7) is 0. The number of para-hydroxylation sites is 1. The Morgan fingerprint density at radius 2 is 2.00 bits per heavy atom. The second-order valence-electron chi connectivity index (χ2n) is 7.70. The van der Waals surface area contributed by atoms with E-state index in [1.807, 2.05) is 36.4 Å². The van der Waals surface area contributed by atoms with E-state index in [2.05, 4.69) is 10.4 Å². The van der Waals surface area contributed by atoms with Crippen molar-refractivity contribution in [3.05, 3.63) is 53.2 Å². The molecule has 0 radical (unpaired) electrons. The Kier molecular flexibility index (Phi) is 5.27. The average molecular weight is 457 g/mol. The Morgan fingerprint density at radius 1 is 1.23 bits per heavy atom. The summed E-state index contributed by atoms with van der Waals surface area (Å²) < 4.78 is 1.74. The molecule has 3 heterocycles. The highest BCUT2D eigenvalue weighted by molar-refractivity contribution is 8.06. The van der Waals surface area contributed by atoms with Crippen LogP contribution < -0.4 is 5.32 Å². The Morgan fingerprint density at radius 3 is 2.71 bits per heavy atom. The summed E-state index contributed by atoms with van der Waals surface area (Å²) in [6, 6.07) is 10.7. The smallest absolute Gasteiger partial charge is 0.353 e. The lowest BCUT2D eigenvalue weighted by atomic mass is 10.0. The number of carboxylic acid groups (broad SMARTS) is 1. The summed E-state index contributed by atoms with van der Waals surface area (Å²) in [5.41, 5.74) is 0.861. The van der Waals surface area contributed by atoms with E-state index in [0.29, 0.717) is 23.0 Å². The molecule has 10 heteroatoms. The predicted octanol–water partition coefficient (Wildman–Crippen LogP) is 2.46. The lowest BCUT2D eigenvalue weighted by Crippen LogP contribution is -2.70. The van der Waals surface area contributed by atoms with E-state index in [-0.39, 0.29) is 22.9 Å². The zero-order valence-corrected chi connectivity index (χ0v) is 18.1. The molecule has 1 aromatic carbocycles. The molecule has 0 spiro atoms. The van der Waals surface area contributed by atoms with E-state index in [4.69, 9.17) is 0 Å². The number of amides is 2. The highest BCUT2D eigenvalue weighted by Gasteiger charge is 2.54. The predicted molar refractivity (Wildman–Crippen MR) is 116 cm³/mol. The molecule has 2 N–H and O–H groups in total. The Hall–Kier alpha value is -2.72. The normalized spacial score (nSPS) is 22.7. The minimum absolute atomic E-state index is 0.00717. The second kappa shape index (κ2) is 8.08. The minimum atomic E-state index is -1.14. The van der Waals surface area contributed by atoms with Crippen LogP contribution in [0.15, 0.2) is 58.2 Å². The van der Waals surface area contributed by atoms with Gasteiger partial charge in [-0.3, -0.25) is 14.5 Å². The second-order valence-corrected chi connectivity index (χ2v) is 9.92. The van der Waals surface area contributed by atoms with Crippen LogP contribution in [0, 0.1) is 5.92 Å². The number of fused-ring (bicyclic) bond motifs is 1. The van der Waals surface area contributed by atoms with Gasteiger partial charge in [0.25, 0.3) is 5.91 Å². The van der Waals surface area contributed by atoms with Gasteiger partial charge in [-0.25, -0.2) is 9.48 Å². The van der Waals surface area contributed by atoms with Gasteiger partial charge in [-0.15, -0.1) is 11.8 Å². The quantitative estimate of drug-likeness (QED) is 0.617. The molecule has 1 saturated heterocycles. The van der Waals surface area contributed by atoms with E-state index in [1.165, 1.54) is 28.4 Å². The monoisotopic (exact) mass is 456 g/mol. The van der Waals surface area contributed by atoms with Crippen molar-refractivity contribution in [3.63, 3.8) is 0 Å². The van der Waals surface area contributed by atoms with Crippen LogP contribution in [0.25, 0.3) is 5.69 Å². The van der Waals surface area contributed by atoms with Gasteiger partial charge in [0.2, 0.25) is 5.91 Å². The Bertz CT molecular complexity index is 1080. The maximum absolute atomic E-state index is 12.8. The summed E-state index contributed by atoms with van der Waals surface area (Å²) in [6.07, 6.45) is 4.22. The molecular formula is C21H20N4O4S2. The third-order valence-electron chi connectivity index (χ3n) is 5.46. The molecule has 0 bridgehead atoms.